The van der Waals surface area contributed by atoms with Crippen molar-refractivity contribution in [2.24, 2.45) is 0 Å². The summed E-state index contributed by atoms with van der Waals surface area (Å²) in [6, 6.07) is 7.51. The topological polar surface area (TPSA) is 71.1 Å². The van der Waals surface area contributed by atoms with Gasteiger partial charge in [0, 0.05) is 37.6 Å². The predicted molar refractivity (Wildman–Crippen MR) is 104 cm³/mol. The van der Waals surface area contributed by atoms with Crippen molar-refractivity contribution in [3.05, 3.63) is 24.3 Å². The van der Waals surface area contributed by atoms with Crippen LogP contribution in [-0.2, 0) is 19.1 Å². The van der Waals surface area contributed by atoms with Gasteiger partial charge in [0.2, 0.25) is 5.91 Å². The lowest BCUT2D eigenvalue weighted by atomic mass is 10.2. The average molecular weight is 375 g/mol. The average Bonchev–Trinajstić information content (AvgIpc) is 2.93. The molecule has 27 heavy (non-hydrogen) atoms. The van der Waals surface area contributed by atoms with E-state index in [1.165, 1.54) is 4.90 Å². The summed E-state index contributed by atoms with van der Waals surface area (Å²) in [5, 5.41) is 3.20. The molecule has 2 heterocycles. The molecule has 2 saturated heterocycles. The molecule has 0 spiro atoms. The molecule has 0 saturated carbocycles. The first-order valence-electron chi connectivity index (χ1n) is 9.69. The van der Waals surface area contributed by atoms with E-state index in [0.29, 0.717) is 19.6 Å². The minimum Gasteiger partial charge on any atom is -0.379 e. The highest BCUT2D eigenvalue weighted by molar-refractivity contribution is 6.06. The number of morpholine rings is 1. The first-order valence-corrected chi connectivity index (χ1v) is 9.69. The van der Waals surface area contributed by atoms with Crippen LogP contribution < -0.4 is 10.2 Å². The lowest BCUT2D eigenvalue weighted by Gasteiger charge is -2.29. The number of carbonyl (C=O) groups excluding carboxylic acids is 2. The highest BCUT2D eigenvalue weighted by Gasteiger charge is 2.38. The fraction of sp³-hybridized carbons (Fsp3) is 0.600. The Morgan fingerprint density at radius 3 is 2.56 bits per heavy atom. The van der Waals surface area contributed by atoms with Crippen LogP contribution in [0.25, 0.3) is 0 Å². The fourth-order valence-electron chi connectivity index (χ4n) is 3.36. The summed E-state index contributed by atoms with van der Waals surface area (Å²) in [7, 11) is 0. The van der Waals surface area contributed by atoms with E-state index >= 15 is 0 Å². The molecule has 1 unspecified atom stereocenters. The third kappa shape index (κ3) is 5.20. The van der Waals surface area contributed by atoms with Crippen LogP contribution in [0.3, 0.4) is 0 Å². The standard InChI is InChI=1S/C20H29N3O4/c1-15(2)27-11-3-8-23-19(24)14-18(20(23)25)21-16-4-6-17(7-5-16)22-9-12-26-13-10-22/h4-7,15,18,21H,3,8-14H2,1-2H3. The van der Waals surface area contributed by atoms with Crippen molar-refractivity contribution in [1.29, 1.82) is 0 Å². The summed E-state index contributed by atoms with van der Waals surface area (Å²) in [4.78, 5) is 28.3. The van der Waals surface area contributed by atoms with Gasteiger partial charge in [-0.05, 0) is 44.5 Å². The van der Waals surface area contributed by atoms with E-state index in [2.05, 4.69) is 10.2 Å². The van der Waals surface area contributed by atoms with Crippen molar-refractivity contribution in [2.45, 2.75) is 38.8 Å². The van der Waals surface area contributed by atoms with Crippen LogP contribution in [0.15, 0.2) is 24.3 Å². The molecule has 7 heteroatoms. The number of anilines is 2. The zero-order valence-corrected chi connectivity index (χ0v) is 16.1. The molecule has 0 bridgehead atoms. The molecule has 2 aliphatic rings. The molecule has 2 fully saturated rings. The third-order valence-corrected chi connectivity index (χ3v) is 4.81. The van der Waals surface area contributed by atoms with Crippen LogP contribution in [0.1, 0.15) is 26.7 Å². The number of benzene rings is 1. The highest BCUT2D eigenvalue weighted by atomic mass is 16.5. The first-order chi connectivity index (χ1) is 13.0. The molecule has 3 rings (SSSR count). The molecular weight excluding hydrogens is 346 g/mol. The first kappa shape index (κ1) is 19.6. The number of hydrogen-bond acceptors (Lipinski definition) is 6. The van der Waals surface area contributed by atoms with Gasteiger partial charge in [-0.1, -0.05) is 0 Å². The van der Waals surface area contributed by atoms with Gasteiger partial charge in [0.15, 0.2) is 0 Å². The molecule has 0 radical (unpaired) electrons. The maximum atomic E-state index is 12.5. The molecule has 0 aromatic heterocycles. The van der Waals surface area contributed by atoms with E-state index in [9.17, 15) is 9.59 Å². The molecular formula is C20H29N3O4. The number of nitrogens with zero attached hydrogens (tertiary/aromatic N) is 2. The summed E-state index contributed by atoms with van der Waals surface area (Å²) < 4.78 is 10.9. The van der Waals surface area contributed by atoms with Crippen LogP contribution in [0, 0.1) is 0 Å². The maximum absolute atomic E-state index is 12.5. The smallest absolute Gasteiger partial charge is 0.252 e. The number of amides is 2. The number of nitrogens with one attached hydrogen (secondary N) is 1. The van der Waals surface area contributed by atoms with Crippen molar-refractivity contribution in [3.8, 4) is 0 Å². The number of imide groups is 1. The van der Waals surface area contributed by atoms with Crippen LogP contribution in [0.4, 0.5) is 11.4 Å². The van der Waals surface area contributed by atoms with Gasteiger partial charge in [0.1, 0.15) is 6.04 Å². The van der Waals surface area contributed by atoms with E-state index in [1.807, 2.05) is 38.1 Å². The monoisotopic (exact) mass is 375 g/mol. The Hall–Kier alpha value is -2.12. The molecule has 0 aliphatic carbocycles. The normalized spacial score (nSPS) is 20.6. The zero-order valence-electron chi connectivity index (χ0n) is 16.1. The Labute approximate surface area is 160 Å². The lowest BCUT2D eigenvalue weighted by Crippen LogP contribution is -2.36. The van der Waals surface area contributed by atoms with Crippen LogP contribution in [0.2, 0.25) is 0 Å². The molecule has 1 aromatic carbocycles. The quantitative estimate of drug-likeness (QED) is 0.553. The number of hydrogen-bond donors (Lipinski definition) is 1. The van der Waals surface area contributed by atoms with E-state index in [1.54, 1.807) is 0 Å². The second kappa shape index (κ2) is 9.19. The van der Waals surface area contributed by atoms with E-state index in [0.717, 1.165) is 37.7 Å². The van der Waals surface area contributed by atoms with E-state index < -0.39 is 6.04 Å². The van der Waals surface area contributed by atoms with Gasteiger partial charge < -0.3 is 19.7 Å². The summed E-state index contributed by atoms with van der Waals surface area (Å²) in [6.45, 7) is 8.17. The minimum absolute atomic E-state index is 0.119. The lowest BCUT2D eigenvalue weighted by molar-refractivity contribution is -0.138. The Morgan fingerprint density at radius 1 is 1.19 bits per heavy atom. The van der Waals surface area contributed by atoms with Crippen molar-refractivity contribution in [3.63, 3.8) is 0 Å². The van der Waals surface area contributed by atoms with Gasteiger partial charge in [0.25, 0.3) is 5.91 Å². The Bertz CT molecular complexity index is 641. The van der Waals surface area contributed by atoms with Crippen molar-refractivity contribution < 1.29 is 19.1 Å². The van der Waals surface area contributed by atoms with Gasteiger partial charge in [-0.3, -0.25) is 14.5 Å². The fourth-order valence-corrected chi connectivity index (χ4v) is 3.36. The Balaban J connectivity index is 1.51. The maximum Gasteiger partial charge on any atom is 0.252 e. The minimum atomic E-state index is -0.488. The Morgan fingerprint density at radius 2 is 1.89 bits per heavy atom. The molecule has 7 nitrogen and oxygen atoms in total. The SMILES string of the molecule is CC(C)OCCCN1C(=O)CC(Nc2ccc(N3CCOCC3)cc2)C1=O. The largest absolute Gasteiger partial charge is 0.379 e. The van der Waals surface area contributed by atoms with Crippen LogP contribution in [0.5, 0.6) is 0 Å². The van der Waals surface area contributed by atoms with Crippen LogP contribution in [-0.4, -0.2) is 68.3 Å². The number of carbonyl (C=O) groups is 2. The van der Waals surface area contributed by atoms with Gasteiger partial charge in [-0.25, -0.2) is 0 Å². The van der Waals surface area contributed by atoms with E-state index in [-0.39, 0.29) is 24.3 Å². The molecule has 2 amide bonds. The number of ether oxygens (including phenoxy) is 2. The molecule has 1 N–H and O–H groups in total. The number of rotatable bonds is 8. The second-order valence-corrected chi connectivity index (χ2v) is 7.20. The summed E-state index contributed by atoms with van der Waals surface area (Å²) in [5.41, 5.74) is 1.99. The highest BCUT2D eigenvalue weighted by Crippen LogP contribution is 2.22. The number of likely N-dealkylation sites (tertiary alicyclic amines) is 1. The summed E-state index contributed by atoms with van der Waals surface area (Å²) >= 11 is 0. The molecule has 148 valence electrons. The summed E-state index contributed by atoms with van der Waals surface area (Å²) in [5.74, 6) is -0.270. The molecule has 2 aliphatic heterocycles. The van der Waals surface area contributed by atoms with Gasteiger partial charge in [-0.2, -0.15) is 0 Å². The van der Waals surface area contributed by atoms with Gasteiger partial charge in [-0.15, -0.1) is 0 Å². The predicted octanol–water partition coefficient (Wildman–Crippen LogP) is 1.88. The van der Waals surface area contributed by atoms with Crippen molar-refractivity contribution in [1.82, 2.24) is 4.90 Å². The third-order valence-electron chi connectivity index (χ3n) is 4.81. The summed E-state index contributed by atoms with van der Waals surface area (Å²) in [6.07, 6.45) is 1.02. The van der Waals surface area contributed by atoms with Crippen LogP contribution >= 0.6 is 0 Å². The Kier molecular flexibility index (Phi) is 6.68. The zero-order chi connectivity index (χ0) is 19.2. The van der Waals surface area contributed by atoms with Crippen molar-refractivity contribution >= 4 is 23.2 Å². The van der Waals surface area contributed by atoms with Crippen molar-refractivity contribution in [2.75, 3.05) is 49.7 Å². The molecule has 1 aromatic rings. The van der Waals surface area contributed by atoms with Gasteiger partial charge >= 0.3 is 0 Å². The van der Waals surface area contributed by atoms with E-state index in [4.69, 9.17) is 9.47 Å². The van der Waals surface area contributed by atoms with Gasteiger partial charge in [0.05, 0.1) is 25.7 Å². The second-order valence-electron chi connectivity index (χ2n) is 7.20. The molecule has 1 atom stereocenters.